The molecule has 0 radical (unpaired) electrons. The first-order valence-corrected chi connectivity index (χ1v) is 5.48. The van der Waals surface area contributed by atoms with E-state index in [1.165, 1.54) is 0 Å². The third-order valence-corrected chi connectivity index (χ3v) is 2.39. The number of aryl methyl sites for hydroxylation is 1. The Morgan fingerprint density at radius 2 is 2.35 bits per heavy atom. The van der Waals surface area contributed by atoms with Gasteiger partial charge in [-0.25, -0.2) is 4.98 Å². The molecule has 90 valence electrons. The monoisotopic (exact) mass is 232 g/mol. The summed E-state index contributed by atoms with van der Waals surface area (Å²) in [7, 11) is 0. The molecule has 3 N–H and O–H groups in total. The summed E-state index contributed by atoms with van der Waals surface area (Å²) in [6, 6.07) is 2.11. The van der Waals surface area contributed by atoms with Crippen molar-refractivity contribution in [2.45, 2.75) is 26.4 Å². The van der Waals surface area contributed by atoms with Crippen molar-refractivity contribution >= 4 is 11.8 Å². The molecule has 0 saturated carbocycles. The molecule has 1 atom stereocenters. The molecule has 2 aromatic heterocycles. The van der Waals surface area contributed by atoms with Gasteiger partial charge in [-0.1, -0.05) is 0 Å². The Morgan fingerprint density at radius 3 is 3.06 bits per heavy atom. The highest BCUT2D eigenvalue weighted by molar-refractivity contribution is 5.45. The lowest BCUT2D eigenvalue weighted by molar-refractivity contribution is 0.559. The zero-order valence-corrected chi connectivity index (χ0v) is 9.96. The highest BCUT2D eigenvalue weighted by Crippen LogP contribution is 2.12. The molecular formula is C11H16N6. The van der Waals surface area contributed by atoms with Crippen LogP contribution in [0, 0.1) is 6.92 Å². The van der Waals surface area contributed by atoms with E-state index >= 15 is 0 Å². The van der Waals surface area contributed by atoms with Gasteiger partial charge in [-0.05, 0) is 19.9 Å². The Hall–Kier alpha value is -2.11. The summed E-state index contributed by atoms with van der Waals surface area (Å²) in [4.78, 5) is 8.10. The van der Waals surface area contributed by atoms with E-state index in [0.29, 0.717) is 0 Å². The van der Waals surface area contributed by atoms with E-state index in [2.05, 4.69) is 27.3 Å². The summed E-state index contributed by atoms with van der Waals surface area (Å²) in [6.45, 7) is 4.79. The number of aromatic nitrogens is 4. The minimum absolute atomic E-state index is 0.211. The largest absolute Gasteiger partial charge is 0.368 e. The lowest BCUT2D eigenvalue weighted by Gasteiger charge is -2.16. The number of nitrogens with zero attached hydrogens (tertiary/aromatic N) is 4. The number of hydrogen-bond acceptors (Lipinski definition) is 5. The summed E-state index contributed by atoms with van der Waals surface area (Å²) in [6.07, 6.45) is 5.41. The molecule has 1 unspecified atom stereocenters. The second kappa shape index (κ2) is 4.82. The van der Waals surface area contributed by atoms with E-state index in [1.54, 1.807) is 12.4 Å². The molecule has 0 fully saturated rings. The van der Waals surface area contributed by atoms with Crippen molar-refractivity contribution in [3.8, 4) is 0 Å². The van der Waals surface area contributed by atoms with Crippen LogP contribution in [0.4, 0.5) is 11.8 Å². The number of nitrogen functional groups attached to an aromatic ring is 1. The third kappa shape index (κ3) is 2.93. The topological polar surface area (TPSA) is 81.6 Å². The zero-order valence-electron chi connectivity index (χ0n) is 9.96. The highest BCUT2D eigenvalue weighted by Gasteiger charge is 2.07. The first-order chi connectivity index (χ1) is 8.15. The molecule has 0 saturated heterocycles. The Kier molecular flexibility index (Phi) is 3.22. The minimum Gasteiger partial charge on any atom is -0.368 e. The normalized spacial score (nSPS) is 12.4. The molecule has 0 aliphatic carbocycles. The van der Waals surface area contributed by atoms with Gasteiger partial charge in [0.25, 0.3) is 0 Å². The molecular weight excluding hydrogens is 216 g/mol. The Balaban J connectivity index is 2.02. The van der Waals surface area contributed by atoms with E-state index in [0.717, 1.165) is 17.9 Å². The van der Waals surface area contributed by atoms with E-state index < -0.39 is 0 Å². The molecule has 0 spiro atoms. The maximum absolute atomic E-state index is 5.56. The number of rotatable bonds is 4. The van der Waals surface area contributed by atoms with Gasteiger partial charge in [0, 0.05) is 30.2 Å². The first-order valence-electron chi connectivity index (χ1n) is 5.48. The lowest BCUT2D eigenvalue weighted by atomic mass is 10.3. The van der Waals surface area contributed by atoms with Crippen molar-refractivity contribution in [3.63, 3.8) is 0 Å². The zero-order chi connectivity index (χ0) is 12.3. The number of anilines is 2. The fraction of sp³-hybridized carbons (Fsp3) is 0.364. The fourth-order valence-corrected chi connectivity index (χ4v) is 1.57. The summed E-state index contributed by atoms with van der Waals surface area (Å²) in [5, 5.41) is 7.45. The summed E-state index contributed by atoms with van der Waals surface area (Å²) in [5.41, 5.74) is 6.54. The van der Waals surface area contributed by atoms with Crippen LogP contribution in [0.5, 0.6) is 0 Å². The van der Waals surface area contributed by atoms with Crippen LogP contribution < -0.4 is 11.1 Å². The third-order valence-electron chi connectivity index (χ3n) is 2.39. The van der Waals surface area contributed by atoms with Gasteiger partial charge in [0.2, 0.25) is 5.95 Å². The predicted octanol–water partition coefficient (Wildman–Crippen LogP) is 1.06. The van der Waals surface area contributed by atoms with Gasteiger partial charge in [-0.3, -0.25) is 4.68 Å². The van der Waals surface area contributed by atoms with Gasteiger partial charge in [0.1, 0.15) is 5.82 Å². The van der Waals surface area contributed by atoms with Crippen molar-refractivity contribution < 1.29 is 0 Å². The molecule has 2 rings (SSSR count). The number of nitrogens with one attached hydrogen (secondary N) is 1. The molecule has 0 amide bonds. The van der Waals surface area contributed by atoms with Gasteiger partial charge in [-0.2, -0.15) is 10.1 Å². The van der Waals surface area contributed by atoms with Gasteiger partial charge >= 0.3 is 0 Å². The fourth-order valence-electron chi connectivity index (χ4n) is 1.57. The molecule has 6 nitrogen and oxygen atoms in total. The maximum atomic E-state index is 5.56. The average molecular weight is 232 g/mol. The molecule has 2 aromatic rings. The summed E-state index contributed by atoms with van der Waals surface area (Å²) < 4.78 is 1.87. The second-order valence-electron chi connectivity index (χ2n) is 4.03. The molecule has 0 aliphatic rings. The second-order valence-corrected chi connectivity index (χ2v) is 4.03. The van der Waals surface area contributed by atoms with Crippen molar-refractivity contribution in [1.29, 1.82) is 0 Å². The number of nitrogens with two attached hydrogens (primary N) is 1. The van der Waals surface area contributed by atoms with Crippen LogP contribution in [-0.2, 0) is 6.54 Å². The SMILES string of the molecule is Cc1cnc(N)nc1NC(C)Cn1cccn1. The van der Waals surface area contributed by atoms with E-state index in [9.17, 15) is 0 Å². The molecule has 2 heterocycles. The maximum Gasteiger partial charge on any atom is 0.221 e. The Bertz CT molecular complexity index is 479. The first kappa shape index (κ1) is 11.4. The lowest BCUT2D eigenvalue weighted by Crippen LogP contribution is -2.23. The van der Waals surface area contributed by atoms with Gasteiger partial charge in [-0.15, -0.1) is 0 Å². The van der Waals surface area contributed by atoms with Gasteiger partial charge in [0.15, 0.2) is 0 Å². The smallest absolute Gasteiger partial charge is 0.221 e. The molecule has 0 aromatic carbocycles. The van der Waals surface area contributed by atoms with E-state index in [4.69, 9.17) is 5.73 Å². The molecule has 6 heteroatoms. The molecule has 17 heavy (non-hydrogen) atoms. The van der Waals surface area contributed by atoms with E-state index in [1.807, 2.05) is 23.9 Å². The molecule has 0 bridgehead atoms. The number of hydrogen-bond donors (Lipinski definition) is 2. The summed E-state index contributed by atoms with van der Waals surface area (Å²) in [5.74, 6) is 1.06. The van der Waals surface area contributed by atoms with Crippen molar-refractivity contribution in [2.24, 2.45) is 0 Å². The van der Waals surface area contributed by atoms with Crippen LogP contribution in [0.15, 0.2) is 24.7 Å². The standard InChI is InChI=1S/C11H16N6/c1-8-6-13-11(12)16-10(8)15-9(2)7-17-5-3-4-14-17/h3-6,9H,7H2,1-2H3,(H3,12,13,15,16). The van der Waals surface area contributed by atoms with Crippen LogP contribution in [0.2, 0.25) is 0 Å². The van der Waals surface area contributed by atoms with E-state index in [-0.39, 0.29) is 12.0 Å². The quantitative estimate of drug-likeness (QED) is 0.823. The van der Waals surface area contributed by atoms with Gasteiger partial charge < -0.3 is 11.1 Å². The Morgan fingerprint density at radius 1 is 1.53 bits per heavy atom. The van der Waals surface area contributed by atoms with Crippen molar-refractivity contribution in [1.82, 2.24) is 19.7 Å². The van der Waals surface area contributed by atoms with Crippen LogP contribution in [-0.4, -0.2) is 25.8 Å². The Labute approximate surface area is 99.9 Å². The van der Waals surface area contributed by atoms with Crippen LogP contribution in [0.1, 0.15) is 12.5 Å². The van der Waals surface area contributed by atoms with Crippen LogP contribution in [0.25, 0.3) is 0 Å². The van der Waals surface area contributed by atoms with Crippen LogP contribution in [0.3, 0.4) is 0 Å². The summed E-state index contributed by atoms with van der Waals surface area (Å²) >= 11 is 0. The van der Waals surface area contributed by atoms with Gasteiger partial charge in [0.05, 0.1) is 6.54 Å². The van der Waals surface area contributed by atoms with Crippen molar-refractivity contribution in [2.75, 3.05) is 11.1 Å². The highest BCUT2D eigenvalue weighted by atomic mass is 15.3. The minimum atomic E-state index is 0.211. The van der Waals surface area contributed by atoms with Crippen LogP contribution >= 0.6 is 0 Å². The van der Waals surface area contributed by atoms with Crippen molar-refractivity contribution in [3.05, 3.63) is 30.2 Å². The molecule has 0 aliphatic heterocycles. The predicted molar refractivity (Wildman–Crippen MR) is 66.5 cm³/mol. The average Bonchev–Trinajstić information content (AvgIpc) is 2.76.